The lowest BCUT2D eigenvalue weighted by Gasteiger charge is -2.05. The number of carbonyl (C=O) groups excluding carboxylic acids is 2. The molecule has 6 heteroatoms. The molecule has 0 unspecified atom stereocenters. The van der Waals surface area contributed by atoms with Crippen LogP contribution in [0.3, 0.4) is 0 Å². The maximum absolute atomic E-state index is 11.1. The van der Waals surface area contributed by atoms with Crippen molar-refractivity contribution >= 4 is 29.3 Å². The zero-order valence-electron chi connectivity index (χ0n) is 9.53. The summed E-state index contributed by atoms with van der Waals surface area (Å²) in [4.78, 5) is 23.0. The summed E-state index contributed by atoms with van der Waals surface area (Å²) in [6.07, 6.45) is 0.452. The third-order valence-electron chi connectivity index (χ3n) is 1.99. The number of rotatable bonds is 5. The molecule has 0 aliphatic rings. The van der Waals surface area contributed by atoms with Gasteiger partial charge in [0.1, 0.15) is 0 Å². The summed E-state index contributed by atoms with van der Waals surface area (Å²) in [7, 11) is 0. The van der Waals surface area contributed by atoms with E-state index >= 15 is 0 Å². The quantitative estimate of drug-likeness (QED) is 0.318. The van der Waals surface area contributed by atoms with Gasteiger partial charge in [-0.15, -0.1) is 11.8 Å². The largest absolute Gasteiger partial charge is 0.326 e. The van der Waals surface area contributed by atoms with Crippen LogP contribution in [0.4, 0.5) is 5.69 Å². The summed E-state index contributed by atoms with van der Waals surface area (Å²) in [6.45, 7) is 1.80. The van der Waals surface area contributed by atoms with Gasteiger partial charge in [-0.25, -0.2) is 5.84 Å². The van der Waals surface area contributed by atoms with Crippen molar-refractivity contribution in [3.05, 3.63) is 24.3 Å². The number of hydrogen-bond acceptors (Lipinski definition) is 4. The zero-order valence-corrected chi connectivity index (χ0v) is 10.3. The Morgan fingerprint density at radius 1 is 1.24 bits per heavy atom. The molecule has 5 nitrogen and oxygen atoms in total. The minimum absolute atomic E-state index is 0.0205. The Bertz CT molecular complexity index is 392. The highest BCUT2D eigenvalue weighted by molar-refractivity contribution is 8.00. The zero-order chi connectivity index (χ0) is 12.7. The van der Waals surface area contributed by atoms with Crippen molar-refractivity contribution in [2.24, 2.45) is 5.84 Å². The summed E-state index contributed by atoms with van der Waals surface area (Å²) in [5.74, 6) is 5.00. The average Bonchev–Trinajstić information content (AvgIpc) is 2.37. The third kappa shape index (κ3) is 4.88. The van der Waals surface area contributed by atoms with E-state index in [1.165, 1.54) is 11.8 Å². The Morgan fingerprint density at radius 2 is 1.88 bits per heavy atom. The fourth-order valence-electron chi connectivity index (χ4n) is 1.07. The molecule has 0 bridgehead atoms. The third-order valence-corrected chi connectivity index (χ3v) is 3.00. The Labute approximate surface area is 104 Å². The van der Waals surface area contributed by atoms with Crippen LogP contribution < -0.4 is 16.6 Å². The van der Waals surface area contributed by atoms with Gasteiger partial charge in [0.05, 0.1) is 5.75 Å². The van der Waals surface area contributed by atoms with Gasteiger partial charge in [-0.05, 0) is 24.3 Å². The van der Waals surface area contributed by atoms with Gasteiger partial charge in [-0.1, -0.05) is 6.92 Å². The summed E-state index contributed by atoms with van der Waals surface area (Å²) in [5, 5.41) is 2.75. The lowest BCUT2D eigenvalue weighted by Crippen LogP contribution is -2.31. The molecule has 17 heavy (non-hydrogen) atoms. The molecule has 0 fully saturated rings. The molecule has 0 radical (unpaired) electrons. The lowest BCUT2D eigenvalue weighted by atomic mass is 10.3. The number of hydrogen-bond donors (Lipinski definition) is 3. The second kappa shape index (κ2) is 6.93. The van der Waals surface area contributed by atoms with Crippen molar-refractivity contribution in [2.45, 2.75) is 18.2 Å². The number of nitrogens with two attached hydrogens (primary N) is 1. The first-order valence-corrected chi connectivity index (χ1v) is 6.16. The van der Waals surface area contributed by atoms with E-state index in [9.17, 15) is 9.59 Å². The number of carbonyl (C=O) groups is 2. The van der Waals surface area contributed by atoms with Crippen LogP contribution in [-0.4, -0.2) is 17.6 Å². The second-order valence-electron chi connectivity index (χ2n) is 3.28. The van der Waals surface area contributed by atoms with E-state index in [1.54, 1.807) is 19.1 Å². The highest BCUT2D eigenvalue weighted by atomic mass is 32.2. The van der Waals surface area contributed by atoms with Crippen LogP contribution in [0.15, 0.2) is 29.2 Å². The Hall–Kier alpha value is -1.53. The van der Waals surface area contributed by atoms with Crippen LogP contribution in [0.1, 0.15) is 13.3 Å². The second-order valence-corrected chi connectivity index (χ2v) is 4.33. The summed E-state index contributed by atoms with van der Waals surface area (Å²) in [5.41, 5.74) is 2.82. The number of anilines is 1. The van der Waals surface area contributed by atoms with Crippen molar-refractivity contribution in [2.75, 3.05) is 11.1 Å². The fraction of sp³-hybridized carbons (Fsp3) is 0.273. The number of hydrazine groups is 1. The van der Waals surface area contributed by atoms with Gasteiger partial charge in [0.15, 0.2) is 0 Å². The summed E-state index contributed by atoms with van der Waals surface area (Å²) >= 11 is 1.38. The molecule has 1 rings (SSSR count). The molecular formula is C11H15N3O2S. The molecular weight excluding hydrogens is 238 g/mol. The number of amides is 2. The van der Waals surface area contributed by atoms with Crippen LogP contribution in [-0.2, 0) is 9.59 Å². The van der Waals surface area contributed by atoms with Crippen LogP contribution >= 0.6 is 11.8 Å². The van der Waals surface area contributed by atoms with Gasteiger partial charge >= 0.3 is 0 Å². The van der Waals surface area contributed by atoms with Crippen molar-refractivity contribution in [3.8, 4) is 0 Å². The van der Waals surface area contributed by atoms with Crippen molar-refractivity contribution in [1.29, 1.82) is 0 Å². The van der Waals surface area contributed by atoms with E-state index in [0.717, 1.165) is 10.6 Å². The van der Waals surface area contributed by atoms with Crippen LogP contribution in [0.2, 0.25) is 0 Å². The number of nitrogens with one attached hydrogen (secondary N) is 2. The Morgan fingerprint density at radius 3 is 2.41 bits per heavy atom. The van der Waals surface area contributed by atoms with E-state index in [4.69, 9.17) is 5.84 Å². The molecule has 0 heterocycles. The van der Waals surface area contributed by atoms with Crippen LogP contribution in [0.5, 0.6) is 0 Å². The van der Waals surface area contributed by atoms with Gasteiger partial charge in [0, 0.05) is 17.0 Å². The van der Waals surface area contributed by atoms with Crippen molar-refractivity contribution in [1.82, 2.24) is 5.43 Å². The van der Waals surface area contributed by atoms with Gasteiger partial charge in [-0.3, -0.25) is 15.0 Å². The summed E-state index contributed by atoms with van der Waals surface area (Å²) in [6, 6.07) is 7.30. The van der Waals surface area contributed by atoms with Gasteiger partial charge < -0.3 is 5.32 Å². The standard InChI is InChI=1S/C11H15N3O2S/c1-2-10(15)13-8-3-5-9(6-4-8)17-7-11(16)14-12/h3-6H,2,7,12H2,1H3,(H,13,15)(H,14,16). The van der Waals surface area contributed by atoms with Crippen LogP contribution in [0.25, 0.3) is 0 Å². The summed E-state index contributed by atoms with van der Waals surface area (Å²) < 4.78 is 0. The molecule has 0 aliphatic carbocycles. The van der Waals surface area contributed by atoms with Crippen molar-refractivity contribution < 1.29 is 9.59 Å². The van der Waals surface area contributed by atoms with Crippen LogP contribution in [0, 0.1) is 0 Å². The monoisotopic (exact) mass is 253 g/mol. The topological polar surface area (TPSA) is 84.2 Å². The molecule has 0 saturated carbocycles. The minimum Gasteiger partial charge on any atom is -0.326 e. The SMILES string of the molecule is CCC(=O)Nc1ccc(SCC(=O)NN)cc1. The normalized spacial score (nSPS) is 9.76. The van der Waals surface area contributed by atoms with E-state index < -0.39 is 0 Å². The first-order chi connectivity index (χ1) is 8.15. The average molecular weight is 253 g/mol. The molecule has 1 aromatic rings. The molecule has 2 amide bonds. The highest BCUT2D eigenvalue weighted by Crippen LogP contribution is 2.20. The predicted molar refractivity (Wildman–Crippen MR) is 68.4 cm³/mol. The molecule has 92 valence electrons. The highest BCUT2D eigenvalue weighted by Gasteiger charge is 2.02. The van der Waals surface area contributed by atoms with Gasteiger partial charge in [0.2, 0.25) is 11.8 Å². The first-order valence-electron chi connectivity index (χ1n) is 5.18. The maximum atomic E-state index is 11.1. The number of benzene rings is 1. The van der Waals surface area contributed by atoms with Gasteiger partial charge in [-0.2, -0.15) is 0 Å². The molecule has 4 N–H and O–H groups in total. The molecule has 0 spiro atoms. The molecule has 1 aromatic carbocycles. The predicted octanol–water partition coefficient (Wildman–Crippen LogP) is 1.12. The molecule has 0 saturated heterocycles. The molecule has 0 aliphatic heterocycles. The smallest absolute Gasteiger partial charge is 0.244 e. The lowest BCUT2D eigenvalue weighted by molar-refractivity contribution is -0.118. The molecule has 0 aromatic heterocycles. The minimum atomic E-state index is -0.224. The van der Waals surface area contributed by atoms with E-state index in [-0.39, 0.29) is 17.6 Å². The van der Waals surface area contributed by atoms with E-state index in [1.807, 2.05) is 12.1 Å². The Balaban J connectivity index is 2.50. The molecule has 0 atom stereocenters. The number of thioether (sulfide) groups is 1. The first kappa shape index (κ1) is 13.5. The fourth-order valence-corrected chi connectivity index (χ4v) is 1.78. The van der Waals surface area contributed by atoms with E-state index in [2.05, 4.69) is 10.7 Å². The van der Waals surface area contributed by atoms with Crippen molar-refractivity contribution in [3.63, 3.8) is 0 Å². The Kier molecular flexibility index (Phi) is 5.51. The van der Waals surface area contributed by atoms with E-state index in [0.29, 0.717) is 6.42 Å². The van der Waals surface area contributed by atoms with Gasteiger partial charge in [0.25, 0.3) is 0 Å². The maximum Gasteiger partial charge on any atom is 0.244 e.